The highest BCUT2D eigenvalue weighted by Crippen LogP contribution is 2.33. The van der Waals surface area contributed by atoms with Gasteiger partial charge in [0.25, 0.3) is 0 Å². The standard InChI is InChI=1S/C9H9BrO4/c1-13-7-4-5(10)3-6(11)8(12)9(7)14-2/h3-4H,1-2H3,(H,11,12). The Kier molecular flexibility index (Phi) is 3.35. The molecule has 0 bridgehead atoms. The molecule has 0 saturated heterocycles. The SMILES string of the molecule is COc1cc(Br)cc(=O)c(O)c1OC. The first-order valence-corrected chi connectivity index (χ1v) is 4.54. The molecule has 0 aromatic heterocycles. The number of hydrogen-bond acceptors (Lipinski definition) is 4. The van der Waals surface area contributed by atoms with E-state index in [2.05, 4.69) is 15.9 Å². The smallest absolute Gasteiger partial charge is 0.225 e. The summed E-state index contributed by atoms with van der Waals surface area (Å²) < 4.78 is 10.3. The van der Waals surface area contributed by atoms with Crippen molar-refractivity contribution < 1.29 is 14.6 Å². The van der Waals surface area contributed by atoms with Gasteiger partial charge in [0, 0.05) is 10.5 Å². The molecule has 0 atom stereocenters. The fourth-order valence-electron chi connectivity index (χ4n) is 1.00. The molecule has 0 amide bonds. The van der Waals surface area contributed by atoms with E-state index in [0.717, 1.165) is 0 Å². The van der Waals surface area contributed by atoms with Crippen LogP contribution in [0.2, 0.25) is 0 Å². The fraction of sp³-hybridized carbons (Fsp3) is 0.222. The minimum absolute atomic E-state index is 0.0307. The molecule has 0 saturated carbocycles. The number of hydrogen-bond donors (Lipinski definition) is 1. The topological polar surface area (TPSA) is 55.8 Å². The van der Waals surface area contributed by atoms with Gasteiger partial charge in [-0.2, -0.15) is 0 Å². The van der Waals surface area contributed by atoms with Gasteiger partial charge in [0.2, 0.25) is 16.9 Å². The van der Waals surface area contributed by atoms with Gasteiger partial charge in [0.1, 0.15) is 0 Å². The van der Waals surface area contributed by atoms with E-state index >= 15 is 0 Å². The van der Waals surface area contributed by atoms with Gasteiger partial charge in [0.05, 0.1) is 14.2 Å². The average Bonchev–Trinajstić information content (AvgIpc) is 2.25. The van der Waals surface area contributed by atoms with Gasteiger partial charge in [-0.25, -0.2) is 0 Å². The third-order valence-electron chi connectivity index (χ3n) is 1.63. The number of aromatic hydroxyl groups is 1. The summed E-state index contributed by atoms with van der Waals surface area (Å²) in [6.45, 7) is 0. The molecule has 1 N–H and O–H groups in total. The number of halogens is 1. The highest BCUT2D eigenvalue weighted by atomic mass is 79.9. The van der Waals surface area contributed by atoms with Crippen molar-refractivity contribution in [3.63, 3.8) is 0 Å². The Labute approximate surface area is 89.2 Å². The van der Waals surface area contributed by atoms with Gasteiger partial charge in [-0.05, 0) is 6.07 Å². The van der Waals surface area contributed by atoms with E-state index in [1.165, 1.54) is 20.3 Å². The van der Waals surface area contributed by atoms with Crippen LogP contribution in [0.15, 0.2) is 21.4 Å². The highest BCUT2D eigenvalue weighted by molar-refractivity contribution is 9.10. The molecule has 76 valence electrons. The number of ether oxygens (including phenoxy) is 2. The van der Waals surface area contributed by atoms with Crippen molar-refractivity contribution >= 4 is 15.9 Å². The molecule has 5 heteroatoms. The second-order valence-electron chi connectivity index (χ2n) is 2.49. The van der Waals surface area contributed by atoms with Crippen molar-refractivity contribution in [2.45, 2.75) is 0 Å². The van der Waals surface area contributed by atoms with Gasteiger partial charge in [0.15, 0.2) is 5.75 Å². The van der Waals surface area contributed by atoms with Crippen molar-refractivity contribution in [1.82, 2.24) is 0 Å². The fourth-order valence-corrected chi connectivity index (χ4v) is 1.42. The second kappa shape index (κ2) is 4.32. The van der Waals surface area contributed by atoms with Crippen molar-refractivity contribution in [3.8, 4) is 17.2 Å². The molecule has 0 aliphatic rings. The van der Waals surface area contributed by atoms with E-state index in [0.29, 0.717) is 10.2 Å². The van der Waals surface area contributed by atoms with Crippen LogP contribution in [0.4, 0.5) is 0 Å². The van der Waals surface area contributed by atoms with Crippen LogP contribution in [0.3, 0.4) is 0 Å². The third kappa shape index (κ3) is 1.98. The summed E-state index contributed by atoms with van der Waals surface area (Å²) in [5.74, 6) is -0.141. The minimum Gasteiger partial charge on any atom is -0.501 e. The first-order chi connectivity index (χ1) is 6.60. The minimum atomic E-state index is -0.531. The van der Waals surface area contributed by atoms with Crippen LogP contribution >= 0.6 is 15.9 Å². The first kappa shape index (κ1) is 10.8. The van der Waals surface area contributed by atoms with Crippen LogP contribution in [-0.2, 0) is 0 Å². The van der Waals surface area contributed by atoms with E-state index in [1.54, 1.807) is 6.07 Å². The molecule has 0 aliphatic carbocycles. The van der Waals surface area contributed by atoms with Crippen molar-refractivity contribution in [3.05, 3.63) is 26.8 Å². The zero-order chi connectivity index (χ0) is 10.7. The van der Waals surface area contributed by atoms with Crippen LogP contribution < -0.4 is 14.9 Å². The van der Waals surface area contributed by atoms with Crippen LogP contribution in [0.1, 0.15) is 0 Å². The maximum Gasteiger partial charge on any atom is 0.225 e. The summed E-state index contributed by atoms with van der Waals surface area (Å²) in [6.07, 6.45) is 0. The quantitative estimate of drug-likeness (QED) is 0.877. The molecule has 0 aliphatic heterocycles. The van der Waals surface area contributed by atoms with Crippen LogP contribution in [0, 0.1) is 0 Å². The van der Waals surface area contributed by atoms with E-state index in [9.17, 15) is 9.90 Å². The Hall–Kier alpha value is -1.23. The van der Waals surface area contributed by atoms with Gasteiger partial charge in [-0.15, -0.1) is 0 Å². The average molecular weight is 261 g/mol. The van der Waals surface area contributed by atoms with E-state index in [4.69, 9.17) is 9.47 Å². The Morgan fingerprint density at radius 2 is 1.93 bits per heavy atom. The predicted molar refractivity (Wildman–Crippen MR) is 55.2 cm³/mol. The Morgan fingerprint density at radius 1 is 1.29 bits per heavy atom. The van der Waals surface area contributed by atoms with Crippen molar-refractivity contribution in [2.75, 3.05) is 14.2 Å². The monoisotopic (exact) mass is 260 g/mol. The molecule has 0 radical (unpaired) electrons. The Morgan fingerprint density at radius 3 is 2.43 bits per heavy atom. The molecule has 0 spiro atoms. The lowest BCUT2D eigenvalue weighted by Gasteiger charge is -2.04. The summed E-state index contributed by atoms with van der Waals surface area (Å²) >= 11 is 3.13. The molecule has 0 fully saturated rings. The van der Waals surface area contributed by atoms with E-state index < -0.39 is 11.2 Å². The van der Waals surface area contributed by atoms with E-state index in [1.807, 2.05) is 0 Å². The van der Waals surface area contributed by atoms with Crippen LogP contribution in [-0.4, -0.2) is 19.3 Å². The maximum absolute atomic E-state index is 11.3. The number of methoxy groups -OCH3 is 2. The zero-order valence-corrected chi connectivity index (χ0v) is 9.29. The lowest BCUT2D eigenvalue weighted by Crippen LogP contribution is -1.96. The Bertz CT molecular complexity index is 403. The third-order valence-corrected chi connectivity index (χ3v) is 2.09. The summed E-state index contributed by atoms with van der Waals surface area (Å²) in [6, 6.07) is 2.78. The van der Waals surface area contributed by atoms with Crippen LogP contribution in [0.25, 0.3) is 0 Å². The number of rotatable bonds is 2. The largest absolute Gasteiger partial charge is 0.501 e. The molecule has 4 nitrogen and oxygen atoms in total. The zero-order valence-electron chi connectivity index (χ0n) is 7.70. The van der Waals surface area contributed by atoms with Gasteiger partial charge in [-0.1, -0.05) is 15.9 Å². The molecular formula is C9H9BrO4. The molecule has 0 unspecified atom stereocenters. The van der Waals surface area contributed by atoms with E-state index in [-0.39, 0.29) is 5.75 Å². The van der Waals surface area contributed by atoms with Gasteiger partial charge >= 0.3 is 0 Å². The molecule has 14 heavy (non-hydrogen) atoms. The van der Waals surface area contributed by atoms with Gasteiger partial charge in [-0.3, -0.25) is 4.79 Å². The van der Waals surface area contributed by atoms with Crippen LogP contribution in [0.5, 0.6) is 17.2 Å². The first-order valence-electron chi connectivity index (χ1n) is 3.75. The lowest BCUT2D eigenvalue weighted by atomic mass is 10.4. The maximum atomic E-state index is 11.3. The summed E-state index contributed by atoms with van der Waals surface area (Å²) in [7, 11) is 2.78. The lowest BCUT2D eigenvalue weighted by molar-refractivity contribution is 0.334. The Balaban J connectivity index is 3.62. The summed E-state index contributed by atoms with van der Waals surface area (Å²) in [4.78, 5) is 11.3. The molecule has 0 heterocycles. The second-order valence-corrected chi connectivity index (χ2v) is 3.40. The van der Waals surface area contributed by atoms with Crippen molar-refractivity contribution in [2.24, 2.45) is 0 Å². The summed E-state index contributed by atoms with van der Waals surface area (Å²) in [5, 5.41) is 9.46. The molecule has 1 rings (SSSR count). The normalized spacial score (nSPS) is 9.64. The van der Waals surface area contributed by atoms with Gasteiger partial charge < -0.3 is 14.6 Å². The summed E-state index contributed by atoms with van der Waals surface area (Å²) in [5.41, 5.74) is -0.531. The predicted octanol–water partition coefficient (Wildman–Crippen LogP) is 1.53. The molecule has 1 aromatic carbocycles. The van der Waals surface area contributed by atoms with Crippen molar-refractivity contribution in [1.29, 1.82) is 0 Å². The molecular weight excluding hydrogens is 252 g/mol. The molecule has 1 aromatic rings. The highest BCUT2D eigenvalue weighted by Gasteiger charge is 2.11.